The quantitative estimate of drug-likeness (QED) is 0.382. The van der Waals surface area contributed by atoms with Crippen LogP contribution in [0.1, 0.15) is 87.5 Å². The molecule has 0 aromatic carbocycles. The molecule has 1 aliphatic carbocycles. The molecule has 1 saturated carbocycles. The lowest BCUT2D eigenvalue weighted by Crippen LogP contribution is -2.68. The van der Waals surface area contributed by atoms with Gasteiger partial charge in [0.15, 0.2) is 0 Å². The molecule has 1 heterocycles. The number of hydrogen-bond acceptors (Lipinski definition) is 5. The Kier molecular flexibility index (Phi) is 9.08. The molecule has 0 spiro atoms. The lowest BCUT2D eigenvalue weighted by molar-refractivity contribution is -0.139. The highest BCUT2D eigenvalue weighted by atomic mass is 35.5. The molecule has 0 aromatic rings. The van der Waals surface area contributed by atoms with Crippen LogP contribution in [0.3, 0.4) is 0 Å². The van der Waals surface area contributed by atoms with Gasteiger partial charge in [-0.15, -0.1) is 12.4 Å². The Bertz CT molecular complexity index is 631. The second-order valence-corrected chi connectivity index (χ2v) is 11.2. The van der Waals surface area contributed by atoms with Crippen molar-refractivity contribution in [3.63, 3.8) is 0 Å². The second-order valence-electron chi connectivity index (χ2n) is 11.2. The van der Waals surface area contributed by atoms with Gasteiger partial charge in [0.2, 0.25) is 11.8 Å². The number of hydrogen-bond donors (Lipinski definition) is 3. The summed E-state index contributed by atoms with van der Waals surface area (Å²) >= 11 is 0. The Morgan fingerprint density at radius 1 is 1.03 bits per heavy atom. The van der Waals surface area contributed by atoms with E-state index in [1.54, 1.807) is 0 Å². The molecule has 0 aromatic heterocycles. The monoisotopic (exact) mass is 459 g/mol. The first kappa shape index (κ1) is 28.2. The Balaban J connectivity index is 0.00000480. The summed E-state index contributed by atoms with van der Waals surface area (Å²) in [6.45, 7) is 15.5. The third-order valence-corrected chi connectivity index (χ3v) is 6.73. The van der Waals surface area contributed by atoms with E-state index in [0.29, 0.717) is 6.42 Å². The summed E-state index contributed by atoms with van der Waals surface area (Å²) < 4.78 is 12.2. The number of nitrogens with one attached hydrogen (secondary N) is 2. The fourth-order valence-corrected chi connectivity index (χ4v) is 4.35. The highest BCUT2D eigenvalue weighted by Gasteiger charge is 2.52. The smallest absolute Gasteiger partial charge is 0.403 e. The first-order chi connectivity index (χ1) is 13.6. The van der Waals surface area contributed by atoms with E-state index >= 15 is 0 Å². The van der Waals surface area contributed by atoms with E-state index in [9.17, 15) is 9.59 Å². The predicted octanol–water partition coefficient (Wildman–Crippen LogP) is 3.20. The first-order valence-corrected chi connectivity index (χ1v) is 11.3. The van der Waals surface area contributed by atoms with Crippen LogP contribution in [0.4, 0.5) is 0 Å². The SMILES string of the molecule is CC(=O)N[C@@](CCCCB1OC(C)(C)C(C)(C)O1)(C(=O)NC(C)(C)C)[C@H]1C[C@H](N)C1.Cl. The summed E-state index contributed by atoms with van der Waals surface area (Å²) in [5.41, 5.74) is 4.05. The minimum Gasteiger partial charge on any atom is -0.403 e. The molecule has 0 unspecified atom stereocenters. The van der Waals surface area contributed by atoms with E-state index in [2.05, 4.69) is 10.6 Å². The van der Waals surface area contributed by atoms with Crippen molar-refractivity contribution >= 4 is 31.3 Å². The summed E-state index contributed by atoms with van der Waals surface area (Å²) in [6.07, 6.45) is 4.46. The highest BCUT2D eigenvalue weighted by Crippen LogP contribution is 2.41. The molecule has 2 amide bonds. The number of amides is 2. The van der Waals surface area contributed by atoms with E-state index < -0.39 is 5.54 Å². The number of carbonyl (C=O) groups excluding carboxylic acids is 2. The molecule has 31 heavy (non-hydrogen) atoms. The Morgan fingerprint density at radius 3 is 1.97 bits per heavy atom. The molecule has 1 atom stereocenters. The molecule has 0 bridgehead atoms. The molecule has 9 heteroatoms. The Hall–Kier alpha value is -0.825. The first-order valence-electron chi connectivity index (χ1n) is 11.3. The number of unbranched alkanes of at least 4 members (excludes halogenated alkanes) is 1. The molecule has 7 nitrogen and oxygen atoms in total. The summed E-state index contributed by atoms with van der Waals surface area (Å²) in [5.74, 6) is -0.251. The van der Waals surface area contributed by atoms with Gasteiger partial charge >= 0.3 is 7.12 Å². The molecule has 2 aliphatic rings. The van der Waals surface area contributed by atoms with Crippen molar-refractivity contribution < 1.29 is 18.9 Å². The second kappa shape index (κ2) is 9.98. The Labute approximate surface area is 194 Å². The van der Waals surface area contributed by atoms with E-state index in [1.165, 1.54) is 6.92 Å². The van der Waals surface area contributed by atoms with Crippen molar-refractivity contribution in [3.05, 3.63) is 0 Å². The average Bonchev–Trinajstić information content (AvgIpc) is 2.72. The molecule has 2 fully saturated rings. The molecule has 4 N–H and O–H groups in total. The Morgan fingerprint density at radius 2 is 1.55 bits per heavy atom. The standard InChI is InChI=1S/C22H42BN3O4.ClH/c1-15(27)25-22(16-13-17(24)14-16,18(28)26-19(2,3)4)11-9-10-12-23-29-20(5,6)21(7,8)30-23;/h16-17H,9-14,24H2,1-8H3,(H,25,27)(H,26,28);1H/t16-,17-,22-;/m1./s1. The number of rotatable bonds is 8. The minimum absolute atomic E-state index is 0. The lowest BCUT2D eigenvalue weighted by atomic mass is 9.65. The predicted molar refractivity (Wildman–Crippen MR) is 127 cm³/mol. The van der Waals surface area contributed by atoms with Gasteiger partial charge < -0.3 is 25.7 Å². The van der Waals surface area contributed by atoms with Crippen LogP contribution in [0.25, 0.3) is 0 Å². The van der Waals surface area contributed by atoms with Gasteiger partial charge in [-0.25, -0.2) is 0 Å². The van der Waals surface area contributed by atoms with Crippen molar-refractivity contribution in [2.75, 3.05) is 0 Å². The van der Waals surface area contributed by atoms with Gasteiger partial charge in [0.25, 0.3) is 0 Å². The van der Waals surface area contributed by atoms with Crippen LogP contribution in [0, 0.1) is 5.92 Å². The van der Waals surface area contributed by atoms with Crippen LogP contribution in [-0.4, -0.2) is 47.3 Å². The third kappa shape index (κ3) is 6.83. The zero-order valence-corrected chi connectivity index (χ0v) is 21.4. The van der Waals surface area contributed by atoms with Gasteiger partial charge in [0.05, 0.1) is 11.2 Å². The fourth-order valence-electron chi connectivity index (χ4n) is 4.35. The maximum atomic E-state index is 13.4. The van der Waals surface area contributed by atoms with E-state index in [-0.39, 0.29) is 60.0 Å². The summed E-state index contributed by atoms with van der Waals surface area (Å²) in [6, 6.07) is 0.0929. The summed E-state index contributed by atoms with van der Waals surface area (Å²) in [7, 11) is -0.245. The van der Waals surface area contributed by atoms with Crippen LogP contribution in [0.5, 0.6) is 0 Å². The molecule has 1 saturated heterocycles. The average molecular weight is 460 g/mol. The van der Waals surface area contributed by atoms with Crippen molar-refractivity contribution in [3.8, 4) is 0 Å². The topological polar surface area (TPSA) is 103 Å². The van der Waals surface area contributed by atoms with Gasteiger partial charge in [-0.3, -0.25) is 9.59 Å². The molecular formula is C22H43BClN3O4. The largest absolute Gasteiger partial charge is 0.457 e. The zero-order chi connectivity index (χ0) is 23.0. The van der Waals surface area contributed by atoms with Gasteiger partial charge in [-0.05, 0) is 80.0 Å². The van der Waals surface area contributed by atoms with E-state index in [0.717, 1.165) is 32.0 Å². The molecule has 1 aliphatic heterocycles. The van der Waals surface area contributed by atoms with Crippen LogP contribution in [-0.2, 0) is 18.9 Å². The summed E-state index contributed by atoms with van der Waals surface area (Å²) in [5, 5.41) is 6.11. The maximum Gasteiger partial charge on any atom is 0.457 e. The molecule has 180 valence electrons. The lowest BCUT2D eigenvalue weighted by Gasteiger charge is -2.48. The number of nitrogens with two attached hydrogens (primary N) is 1. The number of halogens is 1. The van der Waals surface area contributed by atoms with Crippen LogP contribution < -0.4 is 16.4 Å². The van der Waals surface area contributed by atoms with Crippen molar-refractivity contribution in [1.82, 2.24) is 10.6 Å². The third-order valence-electron chi connectivity index (χ3n) is 6.73. The fraction of sp³-hybridized carbons (Fsp3) is 0.909. The van der Waals surface area contributed by atoms with Gasteiger partial charge in [0.1, 0.15) is 5.54 Å². The number of carbonyl (C=O) groups is 2. The molecular weight excluding hydrogens is 417 g/mol. The summed E-state index contributed by atoms with van der Waals surface area (Å²) in [4.78, 5) is 25.4. The van der Waals surface area contributed by atoms with Crippen molar-refractivity contribution in [1.29, 1.82) is 0 Å². The van der Waals surface area contributed by atoms with Crippen molar-refractivity contribution in [2.24, 2.45) is 11.7 Å². The highest BCUT2D eigenvalue weighted by molar-refractivity contribution is 6.45. The maximum absolute atomic E-state index is 13.4. The van der Waals surface area contributed by atoms with Crippen LogP contribution >= 0.6 is 12.4 Å². The van der Waals surface area contributed by atoms with Crippen LogP contribution in [0.2, 0.25) is 6.32 Å². The normalized spacial score (nSPS) is 26.3. The zero-order valence-electron chi connectivity index (χ0n) is 20.6. The molecule has 2 rings (SSSR count). The van der Waals surface area contributed by atoms with Gasteiger partial charge in [0, 0.05) is 18.5 Å². The van der Waals surface area contributed by atoms with Gasteiger partial charge in [-0.1, -0.05) is 12.8 Å². The van der Waals surface area contributed by atoms with Crippen LogP contribution in [0.15, 0.2) is 0 Å². The molecule has 0 radical (unpaired) electrons. The van der Waals surface area contributed by atoms with Crippen molar-refractivity contribution in [2.45, 2.75) is 122 Å². The van der Waals surface area contributed by atoms with E-state index in [1.807, 2.05) is 48.5 Å². The van der Waals surface area contributed by atoms with Gasteiger partial charge in [-0.2, -0.15) is 0 Å². The minimum atomic E-state index is -0.926. The van der Waals surface area contributed by atoms with E-state index in [4.69, 9.17) is 15.0 Å².